The highest BCUT2D eigenvalue weighted by molar-refractivity contribution is 6.23. The lowest BCUT2D eigenvalue weighted by atomic mass is 9.77. The van der Waals surface area contributed by atoms with E-state index in [2.05, 4.69) is 26.4 Å². The Morgan fingerprint density at radius 2 is 1.66 bits per heavy atom. The first-order valence-electron chi connectivity index (χ1n) is 23.0. The first-order valence-corrected chi connectivity index (χ1v) is 23.0. The van der Waals surface area contributed by atoms with Gasteiger partial charge in [0.25, 0.3) is 17.7 Å². The standard InChI is InChI=1S/C50H53F2N9O7/c1-5-67-41-28-31(6-13-40(41)66-4)38(15-20-53)61-46(63)37-16-21-54-45(43(37)47(61)64)60-26-24-59(25-27-60)33-17-22-58(23-18-33)30-50(51,52)32-7-9-34(10-8-32)68-35-11-12-36-39(29-35)57(3)56-44(36)49(2)19-14-42(62)55-48(49)65/h6-13,16,21,28-29,33,38H,5,14-15,17-19,22-27,30H2,1-4H3,(H,55,62,65)/t38-,49-/m1/s1. The maximum atomic E-state index is 15.8. The first-order chi connectivity index (χ1) is 32.7. The van der Waals surface area contributed by atoms with Crippen LogP contribution < -0.4 is 24.4 Å². The zero-order valence-electron chi connectivity index (χ0n) is 38.5. The summed E-state index contributed by atoms with van der Waals surface area (Å²) < 4.78 is 50.5. The SMILES string of the molecule is CCOc1cc([C@@H](CC#N)N2C(=O)c3ccnc(N4CCN(C5CCN(CC(F)(F)c6ccc(Oc7ccc8c([C@@]9(C)CCC(=O)NC9=O)nn(C)c8c7)cc6)CC5)CC4)c3C2=O)ccc1OC. The minimum absolute atomic E-state index is 0.103. The fourth-order valence-electron chi connectivity index (χ4n) is 10.1. The van der Waals surface area contributed by atoms with Gasteiger partial charge in [0, 0.05) is 68.9 Å². The molecule has 9 rings (SSSR count). The molecule has 68 heavy (non-hydrogen) atoms. The normalized spacial score (nSPS) is 20.1. The molecular weight excluding hydrogens is 877 g/mol. The summed E-state index contributed by atoms with van der Waals surface area (Å²) in [6.07, 6.45) is 3.46. The number of piperidine rings is 2. The number of likely N-dealkylation sites (tertiary alicyclic amines) is 1. The number of aromatic nitrogens is 3. The Morgan fingerprint density at radius 3 is 2.35 bits per heavy atom. The lowest BCUT2D eigenvalue weighted by molar-refractivity contribution is -0.137. The van der Waals surface area contributed by atoms with E-state index in [0.717, 1.165) is 28.6 Å². The summed E-state index contributed by atoms with van der Waals surface area (Å²) in [5.74, 6) is -2.52. The van der Waals surface area contributed by atoms with E-state index < -0.39 is 35.7 Å². The van der Waals surface area contributed by atoms with E-state index in [1.165, 1.54) is 37.6 Å². The Labute approximate surface area is 392 Å². The number of halogens is 2. The second-order valence-corrected chi connectivity index (χ2v) is 18.0. The summed E-state index contributed by atoms with van der Waals surface area (Å²) >= 11 is 0. The highest BCUT2D eigenvalue weighted by Gasteiger charge is 2.45. The first kappa shape index (κ1) is 46.2. The molecule has 1 N–H and O–H groups in total. The Bertz CT molecular complexity index is 2810. The number of methoxy groups -OCH3 is 1. The third kappa shape index (κ3) is 8.60. The number of amides is 4. The molecule has 0 bridgehead atoms. The minimum Gasteiger partial charge on any atom is -0.493 e. The number of fused-ring (bicyclic) bond motifs is 2. The number of hydrogen-bond donors (Lipinski definition) is 1. The Kier molecular flexibility index (Phi) is 12.6. The number of piperazine rings is 1. The quantitative estimate of drug-likeness (QED) is 0.120. The number of nitrogens with zero attached hydrogens (tertiary/aromatic N) is 8. The molecule has 4 aliphatic rings. The average molecular weight is 930 g/mol. The highest BCUT2D eigenvalue weighted by Crippen LogP contribution is 2.41. The molecule has 4 aliphatic heterocycles. The van der Waals surface area contributed by atoms with Gasteiger partial charge in [-0.1, -0.05) is 6.07 Å². The molecule has 2 aromatic heterocycles. The van der Waals surface area contributed by atoms with Gasteiger partial charge in [-0.15, -0.1) is 0 Å². The number of carbonyl (C=O) groups excluding carboxylic acids is 4. The highest BCUT2D eigenvalue weighted by atomic mass is 19.3. The summed E-state index contributed by atoms with van der Waals surface area (Å²) in [7, 11) is 3.29. The summed E-state index contributed by atoms with van der Waals surface area (Å²) in [6, 6.07) is 19.4. The molecule has 6 heterocycles. The van der Waals surface area contributed by atoms with Gasteiger partial charge in [0.1, 0.15) is 17.3 Å². The molecule has 4 amide bonds. The average Bonchev–Trinajstić information content (AvgIpc) is 3.81. The monoisotopic (exact) mass is 929 g/mol. The van der Waals surface area contributed by atoms with Gasteiger partial charge >= 0.3 is 0 Å². The molecule has 354 valence electrons. The number of nitrogens with one attached hydrogen (secondary N) is 1. The molecule has 3 fully saturated rings. The number of ether oxygens (including phenoxy) is 3. The van der Waals surface area contributed by atoms with Crippen molar-refractivity contribution in [2.24, 2.45) is 7.05 Å². The number of hydrogen-bond acceptors (Lipinski definition) is 13. The largest absolute Gasteiger partial charge is 0.493 e. The fraction of sp³-hybridized carbons (Fsp3) is 0.420. The smallest absolute Gasteiger partial charge is 0.285 e. The van der Waals surface area contributed by atoms with Crippen molar-refractivity contribution >= 4 is 40.3 Å². The van der Waals surface area contributed by atoms with Crippen molar-refractivity contribution in [3.05, 3.63) is 101 Å². The van der Waals surface area contributed by atoms with Gasteiger partial charge in [0.2, 0.25) is 11.8 Å². The summed E-state index contributed by atoms with van der Waals surface area (Å²) in [5.41, 5.74) is 1.27. The molecule has 0 radical (unpaired) electrons. The predicted molar refractivity (Wildman–Crippen MR) is 246 cm³/mol. The van der Waals surface area contributed by atoms with E-state index in [1.54, 1.807) is 55.1 Å². The van der Waals surface area contributed by atoms with Crippen molar-refractivity contribution in [2.45, 2.75) is 69.4 Å². The third-order valence-electron chi connectivity index (χ3n) is 13.9. The molecule has 0 aliphatic carbocycles. The van der Waals surface area contributed by atoms with Crippen LogP contribution in [-0.4, -0.2) is 119 Å². The maximum Gasteiger partial charge on any atom is 0.285 e. The van der Waals surface area contributed by atoms with E-state index in [0.29, 0.717) is 92.4 Å². The lowest BCUT2D eigenvalue weighted by Crippen LogP contribution is -2.54. The number of nitriles is 1. The Morgan fingerprint density at radius 1 is 0.926 bits per heavy atom. The zero-order valence-corrected chi connectivity index (χ0v) is 38.5. The van der Waals surface area contributed by atoms with Gasteiger partial charge < -0.3 is 19.1 Å². The van der Waals surface area contributed by atoms with E-state index in [-0.39, 0.29) is 47.4 Å². The molecule has 0 spiro atoms. The van der Waals surface area contributed by atoms with Crippen LogP contribution in [0.5, 0.6) is 23.0 Å². The minimum atomic E-state index is -3.10. The Hall–Kier alpha value is -6.97. The van der Waals surface area contributed by atoms with Crippen LogP contribution in [0.2, 0.25) is 0 Å². The van der Waals surface area contributed by atoms with Crippen LogP contribution in [0.25, 0.3) is 10.9 Å². The number of carbonyl (C=O) groups is 4. The molecule has 0 saturated carbocycles. The van der Waals surface area contributed by atoms with E-state index >= 15 is 8.78 Å². The zero-order chi connectivity index (χ0) is 47.9. The molecule has 3 saturated heterocycles. The van der Waals surface area contributed by atoms with Gasteiger partial charge in [-0.05, 0) is 106 Å². The van der Waals surface area contributed by atoms with Gasteiger partial charge in [0.05, 0.1) is 66.5 Å². The van der Waals surface area contributed by atoms with Gasteiger partial charge in [-0.2, -0.15) is 19.1 Å². The van der Waals surface area contributed by atoms with Crippen molar-refractivity contribution in [3.63, 3.8) is 0 Å². The number of imide groups is 2. The third-order valence-corrected chi connectivity index (χ3v) is 13.9. The molecule has 5 aromatic rings. The lowest BCUT2D eigenvalue weighted by Gasteiger charge is -2.43. The number of aryl methyl sites for hydroxylation is 1. The van der Waals surface area contributed by atoms with Crippen molar-refractivity contribution in [2.75, 3.05) is 64.4 Å². The molecular formula is C50H53F2N9O7. The fourth-order valence-corrected chi connectivity index (χ4v) is 10.1. The number of rotatable bonds is 14. The number of alkyl halides is 2. The van der Waals surface area contributed by atoms with E-state index in [4.69, 9.17) is 14.2 Å². The molecule has 3 aromatic carbocycles. The molecule has 2 atom stereocenters. The second-order valence-electron chi connectivity index (χ2n) is 18.0. The molecule has 0 unspecified atom stereocenters. The number of anilines is 1. The van der Waals surface area contributed by atoms with Crippen LogP contribution in [0.4, 0.5) is 14.6 Å². The predicted octanol–water partition coefficient (Wildman–Crippen LogP) is 6.49. The maximum absolute atomic E-state index is 15.8. The van der Waals surface area contributed by atoms with Crippen LogP contribution in [0, 0.1) is 11.3 Å². The van der Waals surface area contributed by atoms with Crippen LogP contribution in [-0.2, 0) is 28.0 Å². The molecule has 18 heteroatoms. The number of benzene rings is 3. The summed E-state index contributed by atoms with van der Waals surface area (Å²) in [4.78, 5) is 64.7. The van der Waals surface area contributed by atoms with Crippen molar-refractivity contribution in [3.8, 4) is 29.1 Å². The molecule has 16 nitrogen and oxygen atoms in total. The Balaban J connectivity index is 0.783. The van der Waals surface area contributed by atoms with Crippen LogP contribution in [0.15, 0.2) is 72.9 Å². The van der Waals surface area contributed by atoms with Crippen LogP contribution in [0.3, 0.4) is 0 Å². The van der Waals surface area contributed by atoms with E-state index in [1.807, 2.05) is 22.8 Å². The van der Waals surface area contributed by atoms with Crippen molar-refractivity contribution in [1.82, 2.24) is 34.8 Å². The van der Waals surface area contributed by atoms with Crippen LogP contribution >= 0.6 is 0 Å². The van der Waals surface area contributed by atoms with Gasteiger partial charge in [-0.25, -0.2) is 4.98 Å². The van der Waals surface area contributed by atoms with Crippen molar-refractivity contribution in [1.29, 1.82) is 5.26 Å². The topological polar surface area (TPSA) is 175 Å². The van der Waals surface area contributed by atoms with Gasteiger partial charge in [-0.3, -0.25) is 43.9 Å². The second kappa shape index (κ2) is 18.6. The van der Waals surface area contributed by atoms with Crippen LogP contribution in [0.1, 0.15) is 89.5 Å². The number of pyridine rings is 1. The summed E-state index contributed by atoms with van der Waals surface area (Å²) in [5, 5.41) is 17.6. The van der Waals surface area contributed by atoms with Gasteiger partial charge in [0.15, 0.2) is 11.5 Å². The van der Waals surface area contributed by atoms with E-state index in [9.17, 15) is 24.4 Å². The summed E-state index contributed by atoms with van der Waals surface area (Å²) in [6.45, 7) is 7.09. The van der Waals surface area contributed by atoms with Crippen molar-refractivity contribution < 1.29 is 42.2 Å².